The van der Waals surface area contributed by atoms with E-state index >= 15 is 0 Å². The molecule has 0 unspecified atom stereocenters. The highest BCUT2D eigenvalue weighted by molar-refractivity contribution is 7.89. The molecule has 33 heavy (non-hydrogen) atoms. The molecular weight excluding hydrogens is 450 g/mol. The SMILES string of the molecule is CC(C)(C)n1c(NC(=O)C2CCN(S(=O)(=O)c3ccc(F)c(F)c3)CC2)nc2ccccc21. The van der Waals surface area contributed by atoms with Gasteiger partial charge in [-0.25, -0.2) is 22.2 Å². The molecule has 0 bridgehead atoms. The van der Waals surface area contributed by atoms with Gasteiger partial charge in [0.25, 0.3) is 0 Å². The summed E-state index contributed by atoms with van der Waals surface area (Å²) < 4.78 is 55.5. The highest BCUT2D eigenvalue weighted by Gasteiger charge is 2.33. The lowest BCUT2D eigenvalue weighted by molar-refractivity contribution is -0.121. The third kappa shape index (κ3) is 4.49. The van der Waals surface area contributed by atoms with Gasteiger partial charge in [0.2, 0.25) is 21.9 Å². The van der Waals surface area contributed by atoms with Crippen molar-refractivity contribution < 1.29 is 22.0 Å². The number of rotatable bonds is 4. The zero-order chi connectivity index (χ0) is 24.0. The van der Waals surface area contributed by atoms with E-state index in [0.29, 0.717) is 24.9 Å². The minimum Gasteiger partial charge on any atom is -0.305 e. The molecule has 4 rings (SSSR count). The number of nitrogens with zero attached hydrogens (tertiary/aromatic N) is 3. The number of piperidine rings is 1. The Morgan fingerprint density at radius 1 is 1.06 bits per heavy atom. The second kappa shape index (κ2) is 8.49. The average molecular weight is 477 g/mol. The van der Waals surface area contributed by atoms with Gasteiger partial charge in [-0.15, -0.1) is 0 Å². The first kappa shape index (κ1) is 23.3. The number of halogens is 2. The maximum absolute atomic E-state index is 13.5. The first-order valence-electron chi connectivity index (χ1n) is 10.7. The highest BCUT2D eigenvalue weighted by Crippen LogP contribution is 2.30. The van der Waals surface area contributed by atoms with Crippen molar-refractivity contribution in [1.29, 1.82) is 0 Å². The van der Waals surface area contributed by atoms with Gasteiger partial charge in [-0.1, -0.05) is 12.1 Å². The third-order valence-corrected chi connectivity index (χ3v) is 7.71. The Hall–Kier alpha value is -2.85. The number of carbonyl (C=O) groups is 1. The summed E-state index contributed by atoms with van der Waals surface area (Å²) in [4.78, 5) is 17.3. The number of amides is 1. The van der Waals surface area contributed by atoms with E-state index in [4.69, 9.17) is 0 Å². The van der Waals surface area contributed by atoms with E-state index in [9.17, 15) is 22.0 Å². The number of hydrogen-bond acceptors (Lipinski definition) is 4. The fourth-order valence-corrected chi connectivity index (χ4v) is 5.63. The first-order chi connectivity index (χ1) is 15.5. The van der Waals surface area contributed by atoms with Gasteiger partial charge < -0.3 is 4.57 Å². The van der Waals surface area contributed by atoms with E-state index in [1.54, 1.807) is 0 Å². The predicted molar refractivity (Wildman–Crippen MR) is 121 cm³/mol. The van der Waals surface area contributed by atoms with Gasteiger partial charge >= 0.3 is 0 Å². The standard InChI is InChI=1S/C23H26F2N4O3S/c1-23(2,3)29-20-7-5-4-6-19(20)26-22(29)27-21(30)15-10-12-28(13-11-15)33(31,32)16-8-9-17(24)18(25)14-16/h4-9,14-15H,10-13H2,1-3H3,(H,26,27,30). The molecule has 1 aliphatic heterocycles. The molecule has 2 heterocycles. The fraction of sp³-hybridized carbons (Fsp3) is 0.391. The Balaban J connectivity index is 1.48. The van der Waals surface area contributed by atoms with Gasteiger partial charge in [0, 0.05) is 24.5 Å². The maximum Gasteiger partial charge on any atom is 0.243 e. The number of anilines is 1. The molecule has 1 aromatic heterocycles. The van der Waals surface area contributed by atoms with Crippen LogP contribution in [0.2, 0.25) is 0 Å². The lowest BCUT2D eigenvalue weighted by Crippen LogP contribution is -2.41. The summed E-state index contributed by atoms with van der Waals surface area (Å²) in [5.74, 6) is -2.49. The van der Waals surface area contributed by atoms with E-state index in [1.807, 2.05) is 49.6 Å². The molecule has 1 aliphatic rings. The number of imidazole rings is 1. The van der Waals surface area contributed by atoms with Crippen LogP contribution in [0.5, 0.6) is 0 Å². The molecule has 0 saturated carbocycles. The number of carbonyl (C=O) groups excluding carboxylic acids is 1. The molecule has 0 spiro atoms. The van der Waals surface area contributed by atoms with Crippen LogP contribution in [0.15, 0.2) is 47.4 Å². The molecule has 1 N–H and O–H groups in total. The monoisotopic (exact) mass is 476 g/mol. The van der Waals surface area contributed by atoms with Gasteiger partial charge in [0.1, 0.15) is 0 Å². The van der Waals surface area contributed by atoms with Crippen LogP contribution in [0.4, 0.5) is 14.7 Å². The third-order valence-electron chi connectivity index (χ3n) is 5.82. The van der Waals surface area contributed by atoms with Crippen molar-refractivity contribution in [2.45, 2.75) is 44.0 Å². The summed E-state index contributed by atoms with van der Waals surface area (Å²) in [6.45, 7) is 6.29. The second-order valence-corrected chi connectivity index (χ2v) is 11.1. The minimum atomic E-state index is -3.97. The van der Waals surface area contributed by atoms with E-state index in [-0.39, 0.29) is 29.4 Å². The van der Waals surface area contributed by atoms with E-state index in [0.717, 1.165) is 23.2 Å². The maximum atomic E-state index is 13.5. The summed E-state index contributed by atoms with van der Waals surface area (Å²) in [5, 5.41) is 2.93. The molecule has 176 valence electrons. The van der Waals surface area contributed by atoms with Gasteiger partial charge in [-0.05, 0) is 63.9 Å². The molecule has 7 nitrogen and oxygen atoms in total. The Bertz CT molecular complexity index is 1310. The average Bonchev–Trinajstić information content (AvgIpc) is 3.13. The Morgan fingerprint density at radius 2 is 1.73 bits per heavy atom. The summed E-state index contributed by atoms with van der Waals surface area (Å²) in [6, 6.07) is 10.2. The topological polar surface area (TPSA) is 84.3 Å². The molecular formula is C23H26F2N4O3S. The number of benzene rings is 2. The van der Waals surface area contributed by atoms with Crippen molar-refractivity contribution in [1.82, 2.24) is 13.9 Å². The van der Waals surface area contributed by atoms with E-state index < -0.39 is 27.6 Å². The number of fused-ring (bicyclic) bond motifs is 1. The first-order valence-corrected chi connectivity index (χ1v) is 12.2. The van der Waals surface area contributed by atoms with Crippen LogP contribution < -0.4 is 5.32 Å². The molecule has 3 aromatic rings. The Kier molecular flexibility index (Phi) is 6.00. The molecule has 2 aromatic carbocycles. The fourth-order valence-electron chi connectivity index (χ4n) is 4.15. The summed E-state index contributed by atoms with van der Waals surface area (Å²) in [6.07, 6.45) is 0.620. The quantitative estimate of drug-likeness (QED) is 0.614. The molecule has 0 atom stereocenters. The van der Waals surface area contributed by atoms with Gasteiger partial charge in [0.05, 0.1) is 15.9 Å². The van der Waals surface area contributed by atoms with E-state index in [2.05, 4.69) is 10.3 Å². The van der Waals surface area contributed by atoms with Crippen LogP contribution in [0, 0.1) is 17.6 Å². The number of hydrogen-bond donors (Lipinski definition) is 1. The molecule has 0 aliphatic carbocycles. The largest absolute Gasteiger partial charge is 0.305 e. The molecule has 1 fully saturated rings. The highest BCUT2D eigenvalue weighted by atomic mass is 32.2. The summed E-state index contributed by atoms with van der Waals surface area (Å²) >= 11 is 0. The Labute approximate surface area is 191 Å². The lowest BCUT2D eigenvalue weighted by atomic mass is 9.97. The van der Waals surface area contributed by atoms with Gasteiger partial charge in [0.15, 0.2) is 11.6 Å². The van der Waals surface area contributed by atoms with Gasteiger partial charge in [-0.2, -0.15) is 4.31 Å². The number of sulfonamides is 1. The predicted octanol–water partition coefficient (Wildman–Crippen LogP) is 4.11. The van der Waals surface area contributed by atoms with Crippen LogP contribution in [0.25, 0.3) is 11.0 Å². The molecule has 10 heteroatoms. The molecule has 1 saturated heterocycles. The lowest BCUT2D eigenvalue weighted by Gasteiger charge is -2.31. The summed E-state index contributed by atoms with van der Waals surface area (Å²) in [7, 11) is -3.97. The van der Waals surface area contributed by atoms with Crippen molar-refractivity contribution >= 4 is 32.9 Å². The zero-order valence-corrected chi connectivity index (χ0v) is 19.5. The van der Waals surface area contributed by atoms with Crippen LogP contribution >= 0.6 is 0 Å². The van der Waals surface area contributed by atoms with Crippen LogP contribution in [-0.2, 0) is 20.4 Å². The zero-order valence-electron chi connectivity index (χ0n) is 18.7. The van der Waals surface area contributed by atoms with Gasteiger partial charge in [-0.3, -0.25) is 10.1 Å². The number of para-hydroxylation sites is 2. The van der Waals surface area contributed by atoms with Crippen LogP contribution in [-0.4, -0.2) is 41.3 Å². The second-order valence-electron chi connectivity index (χ2n) is 9.17. The molecule has 1 amide bonds. The van der Waals surface area contributed by atoms with Crippen molar-refractivity contribution in [2.24, 2.45) is 5.92 Å². The Morgan fingerprint density at radius 3 is 2.36 bits per heavy atom. The smallest absolute Gasteiger partial charge is 0.243 e. The van der Waals surface area contributed by atoms with Crippen molar-refractivity contribution in [2.75, 3.05) is 18.4 Å². The number of aromatic nitrogens is 2. The van der Waals surface area contributed by atoms with Crippen molar-refractivity contribution in [3.05, 3.63) is 54.1 Å². The van der Waals surface area contributed by atoms with Crippen molar-refractivity contribution in [3.63, 3.8) is 0 Å². The van der Waals surface area contributed by atoms with Crippen molar-refractivity contribution in [3.8, 4) is 0 Å². The number of nitrogens with one attached hydrogen (secondary N) is 1. The minimum absolute atomic E-state index is 0.106. The van der Waals surface area contributed by atoms with Crippen LogP contribution in [0.3, 0.4) is 0 Å². The molecule has 0 radical (unpaired) electrons. The summed E-state index contributed by atoms with van der Waals surface area (Å²) in [5.41, 5.74) is 1.36. The van der Waals surface area contributed by atoms with E-state index in [1.165, 1.54) is 4.31 Å². The normalized spacial score (nSPS) is 16.3. The van der Waals surface area contributed by atoms with Crippen LogP contribution in [0.1, 0.15) is 33.6 Å².